The Morgan fingerprint density at radius 3 is 2.56 bits per heavy atom. The average molecular weight is 396 g/mol. The first-order valence-corrected chi connectivity index (χ1v) is 10.8. The van der Waals surface area contributed by atoms with E-state index in [1.807, 2.05) is 6.92 Å². The lowest BCUT2D eigenvalue weighted by atomic mass is 10.0. The summed E-state index contributed by atoms with van der Waals surface area (Å²) in [5.74, 6) is -1.41. The first kappa shape index (κ1) is 19.6. The fourth-order valence-corrected chi connectivity index (χ4v) is 5.18. The quantitative estimate of drug-likeness (QED) is 0.799. The standard InChI is InChI=1S/C18H24N2O6S/c1-12-9-14-10-13(3-4-16(14)20(12)27(2,24)25)18(23)19(11-17(21)22)15-5-7-26-8-6-15/h3-4,10,12,15H,5-9,11H2,1-2H3,(H,21,22). The molecule has 1 amide bonds. The summed E-state index contributed by atoms with van der Waals surface area (Å²) < 4.78 is 30.7. The lowest BCUT2D eigenvalue weighted by molar-refractivity contribution is -0.138. The van der Waals surface area contributed by atoms with Crippen LogP contribution in [0.25, 0.3) is 0 Å². The molecule has 1 fully saturated rings. The van der Waals surface area contributed by atoms with Gasteiger partial charge in [-0.3, -0.25) is 13.9 Å². The molecular weight excluding hydrogens is 372 g/mol. The van der Waals surface area contributed by atoms with Crippen LogP contribution in [0.4, 0.5) is 5.69 Å². The van der Waals surface area contributed by atoms with Crippen molar-refractivity contribution in [2.45, 2.75) is 38.3 Å². The summed E-state index contributed by atoms with van der Waals surface area (Å²) in [5, 5.41) is 9.23. The van der Waals surface area contributed by atoms with E-state index in [1.165, 1.54) is 9.21 Å². The van der Waals surface area contributed by atoms with Gasteiger partial charge >= 0.3 is 5.97 Å². The van der Waals surface area contributed by atoms with Gasteiger partial charge in [-0.25, -0.2) is 8.42 Å². The van der Waals surface area contributed by atoms with E-state index in [9.17, 15) is 23.1 Å². The van der Waals surface area contributed by atoms with Crippen molar-refractivity contribution in [3.8, 4) is 0 Å². The normalized spacial score (nSPS) is 20.4. The van der Waals surface area contributed by atoms with Crippen LogP contribution in [0.1, 0.15) is 35.7 Å². The van der Waals surface area contributed by atoms with Gasteiger partial charge in [-0.1, -0.05) is 0 Å². The second kappa shape index (κ2) is 7.47. The van der Waals surface area contributed by atoms with Gasteiger partial charge in [-0.15, -0.1) is 0 Å². The number of carboxylic acid groups (broad SMARTS) is 1. The SMILES string of the molecule is CC1Cc2cc(C(=O)N(CC(=O)O)C3CCOCC3)ccc2N1S(C)(=O)=O. The highest BCUT2D eigenvalue weighted by Gasteiger charge is 2.34. The van der Waals surface area contributed by atoms with Gasteiger partial charge in [-0.2, -0.15) is 0 Å². The number of anilines is 1. The van der Waals surface area contributed by atoms with Gasteiger partial charge in [0, 0.05) is 30.9 Å². The number of amides is 1. The topological polar surface area (TPSA) is 104 Å². The molecule has 2 heterocycles. The van der Waals surface area contributed by atoms with Crippen LogP contribution in [0, 0.1) is 0 Å². The minimum absolute atomic E-state index is 0.179. The summed E-state index contributed by atoms with van der Waals surface area (Å²) in [4.78, 5) is 25.7. The molecule has 8 nitrogen and oxygen atoms in total. The number of nitrogens with zero attached hydrogens (tertiary/aromatic N) is 2. The molecule has 0 radical (unpaired) electrons. The molecule has 1 N–H and O–H groups in total. The molecule has 27 heavy (non-hydrogen) atoms. The molecule has 1 atom stereocenters. The zero-order valence-electron chi connectivity index (χ0n) is 15.4. The number of aliphatic carboxylic acids is 1. The number of benzene rings is 1. The van der Waals surface area contributed by atoms with Gasteiger partial charge in [0.1, 0.15) is 6.54 Å². The molecular formula is C18H24N2O6S. The van der Waals surface area contributed by atoms with E-state index in [-0.39, 0.29) is 24.5 Å². The molecule has 0 spiro atoms. The number of fused-ring (bicyclic) bond motifs is 1. The first-order valence-electron chi connectivity index (χ1n) is 8.91. The highest BCUT2D eigenvalue weighted by molar-refractivity contribution is 7.92. The van der Waals surface area contributed by atoms with Gasteiger partial charge in [0.25, 0.3) is 5.91 Å². The number of rotatable bonds is 5. The molecule has 0 aromatic heterocycles. The predicted molar refractivity (Wildman–Crippen MR) is 99.4 cm³/mol. The first-order chi connectivity index (χ1) is 12.7. The van der Waals surface area contributed by atoms with Crippen LogP contribution in [0.5, 0.6) is 0 Å². The van der Waals surface area contributed by atoms with Crippen LogP contribution in [-0.4, -0.2) is 68.4 Å². The van der Waals surface area contributed by atoms with Crippen molar-refractivity contribution >= 4 is 27.6 Å². The molecule has 1 aromatic carbocycles. The van der Waals surface area contributed by atoms with E-state index in [0.29, 0.717) is 43.7 Å². The van der Waals surface area contributed by atoms with Crippen LogP contribution < -0.4 is 4.31 Å². The van der Waals surface area contributed by atoms with E-state index in [4.69, 9.17) is 4.74 Å². The maximum absolute atomic E-state index is 13.0. The summed E-state index contributed by atoms with van der Waals surface area (Å²) in [6, 6.07) is 4.50. The lowest BCUT2D eigenvalue weighted by Crippen LogP contribution is -2.46. The molecule has 148 valence electrons. The Bertz CT molecular complexity index is 847. The number of ether oxygens (including phenoxy) is 1. The number of hydrogen-bond donors (Lipinski definition) is 1. The average Bonchev–Trinajstić information content (AvgIpc) is 2.94. The van der Waals surface area contributed by atoms with Crippen molar-refractivity contribution in [1.29, 1.82) is 0 Å². The highest BCUT2D eigenvalue weighted by atomic mass is 32.2. The summed E-state index contributed by atoms with van der Waals surface area (Å²) in [7, 11) is -3.40. The minimum atomic E-state index is -3.40. The Morgan fingerprint density at radius 1 is 1.30 bits per heavy atom. The summed E-state index contributed by atoms with van der Waals surface area (Å²) in [6.07, 6.45) is 2.88. The predicted octanol–water partition coefficient (Wildman–Crippen LogP) is 1.10. The van der Waals surface area contributed by atoms with Crippen LogP contribution >= 0.6 is 0 Å². The van der Waals surface area contributed by atoms with Crippen molar-refractivity contribution in [3.05, 3.63) is 29.3 Å². The lowest BCUT2D eigenvalue weighted by Gasteiger charge is -2.33. The fourth-order valence-electron chi connectivity index (χ4n) is 3.92. The molecule has 1 aromatic rings. The largest absolute Gasteiger partial charge is 0.480 e. The van der Waals surface area contributed by atoms with Crippen molar-refractivity contribution in [1.82, 2.24) is 4.90 Å². The number of carboxylic acids is 1. The van der Waals surface area contributed by atoms with E-state index >= 15 is 0 Å². The molecule has 2 aliphatic heterocycles. The Balaban J connectivity index is 1.90. The summed E-state index contributed by atoms with van der Waals surface area (Å²) in [6.45, 7) is 2.45. The van der Waals surface area contributed by atoms with Gasteiger partial charge in [0.15, 0.2) is 0 Å². The molecule has 0 saturated carbocycles. The van der Waals surface area contributed by atoms with E-state index in [2.05, 4.69) is 0 Å². The van der Waals surface area contributed by atoms with Crippen molar-refractivity contribution in [3.63, 3.8) is 0 Å². The molecule has 2 aliphatic rings. The van der Waals surface area contributed by atoms with Crippen LogP contribution in [0.15, 0.2) is 18.2 Å². The van der Waals surface area contributed by atoms with Gasteiger partial charge in [0.2, 0.25) is 10.0 Å². The molecule has 0 aliphatic carbocycles. The summed E-state index contributed by atoms with van der Waals surface area (Å²) in [5.41, 5.74) is 1.74. The Labute approximate surface area is 158 Å². The van der Waals surface area contributed by atoms with Crippen LogP contribution in [0.3, 0.4) is 0 Å². The Hall–Kier alpha value is -2.13. The number of sulfonamides is 1. The monoisotopic (exact) mass is 396 g/mol. The smallest absolute Gasteiger partial charge is 0.323 e. The van der Waals surface area contributed by atoms with Crippen molar-refractivity contribution in [2.24, 2.45) is 0 Å². The highest BCUT2D eigenvalue weighted by Crippen LogP contribution is 2.35. The fraction of sp³-hybridized carbons (Fsp3) is 0.556. The summed E-state index contributed by atoms with van der Waals surface area (Å²) >= 11 is 0. The number of hydrogen-bond acceptors (Lipinski definition) is 5. The molecule has 1 saturated heterocycles. The second-order valence-corrected chi connectivity index (χ2v) is 8.99. The maximum atomic E-state index is 13.0. The van der Waals surface area contributed by atoms with Crippen LogP contribution in [0.2, 0.25) is 0 Å². The third-order valence-corrected chi connectivity index (χ3v) is 6.31. The minimum Gasteiger partial charge on any atom is -0.480 e. The Morgan fingerprint density at radius 2 is 1.96 bits per heavy atom. The zero-order valence-corrected chi connectivity index (χ0v) is 16.2. The van der Waals surface area contributed by atoms with E-state index in [1.54, 1.807) is 18.2 Å². The second-order valence-electron chi connectivity index (χ2n) is 7.13. The maximum Gasteiger partial charge on any atom is 0.323 e. The van der Waals surface area contributed by atoms with Crippen molar-refractivity contribution < 1.29 is 27.9 Å². The number of carbonyl (C=O) groups excluding carboxylic acids is 1. The van der Waals surface area contributed by atoms with E-state index in [0.717, 1.165) is 11.8 Å². The Kier molecular flexibility index (Phi) is 5.43. The van der Waals surface area contributed by atoms with Crippen molar-refractivity contribution in [2.75, 3.05) is 30.3 Å². The number of carbonyl (C=O) groups is 2. The third kappa shape index (κ3) is 4.08. The molecule has 0 bridgehead atoms. The molecule has 3 rings (SSSR count). The van der Waals surface area contributed by atoms with Crippen LogP contribution in [-0.2, 0) is 26.0 Å². The molecule has 1 unspecified atom stereocenters. The third-order valence-electron chi connectivity index (χ3n) is 5.03. The zero-order chi connectivity index (χ0) is 19.8. The van der Waals surface area contributed by atoms with Gasteiger partial charge < -0.3 is 14.7 Å². The van der Waals surface area contributed by atoms with E-state index < -0.39 is 16.0 Å². The van der Waals surface area contributed by atoms with Gasteiger partial charge in [0.05, 0.1) is 11.9 Å². The molecule has 9 heteroatoms. The van der Waals surface area contributed by atoms with Gasteiger partial charge in [-0.05, 0) is 49.9 Å².